The van der Waals surface area contributed by atoms with Crippen molar-refractivity contribution in [1.82, 2.24) is 0 Å². The molecule has 2 nitrogen and oxygen atoms in total. The lowest BCUT2D eigenvalue weighted by Gasteiger charge is -2.27. The molecule has 90 valence electrons. The van der Waals surface area contributed by atoms with Crippen LogP contribution in [0.3, 0.4) is 0 Å². The summed E-state index contributed by atoms with van der Waals surface area (Å²) >= 11 is 3.38. The van der Waals surface area contributed by atoms with Crippen LogP contribution in [-0.2, 0) is 5.54 Å². The first-order valence-corrected chi connectivity index (χ1v) is 7.23. The zero-order valence-corrected chi connectivity index (χ0v) is 11.0. The van der Waals surface area contributed by atoms with Gasteiger partial charge in [0, 0.05) is 5.75 Å². The number of aliphatic hydroxyl groups excluding tert-OH is 1. The first-order chi connectivity index (χ1) is 8.24. The molecule has 0 amide bonds. The molecule has 1 unspecified atom stereocenters. The smallest absolute Gasteiger partial charge is 0.0739 e. The Morgan fingerprint density at radius 2 is 1.94 bits per heavy atom. The topological polar surface area (TPSA) is 46.2 Å². The summed E-state index contributed by atoms with van der Waals surface area (Å²) in [6, 6.07) is 13.9. The van der Waals surface area contributed by atoms with Crippen molar-refractivity contribution >= 4 is 23.1 Å². The molecule has 2 aromatic rings. The van der Waals surface area contributed by atoms with E-state index in [1.54, 1.807) is 23.1 Å². The summed E-state index contributed by atoms with van der Waals surface area (Å²) in [7, 11) is 0. The molecule has 0 aliphatic heterocycles. The summed E-state index contributed by atoms with van der Waals surface area (Å²) in [6.07, 6.45) is 0. The highest BCUT2D eigenvalue weighted by Gasteiger charge is 2.26. The molecule has 0 saturated heterocycles. The quantitative estimate of drug-likeness (QED) is 0.817. The van der Waals surface area contributed by atoms with Gasteiger partial charge in [-0.25, -0.2) is 0 Å². The van der Waals surface area contributed by atoms with Crippen molar-refractivity contribution in [3.8, 4) is 0 Å². The lowest BCUT2D eigenvalue weighted by atomic mass is 9.94. The van der Waals surface area contributed by atoms with Crippen molar-refractivity contribution in [1.29, 1.82) is 0 Å². The van der Waals surface area contributed by atoms with E-state index in [9.17, 15) is 5.11 Å². The number of aliphatic hydroxyl groups is 1. The molecular weight excluding hydrogens is 250 g/mol. The van der Waals surface area contributed by atoms with Gasteiger partial charge in [-0.1, -0.05) is 36.4 Å². The van der Waals surface area contributed by atoms with Crippen LogP contribution in [0, 0.1) is 0 Å². The highest BCUT2D eigenvalue weighted by atomic mass is 32.2. The number of nitrogens with two attached hydrogens (primary N) is 1. The maximum atomic E-state index is 9.53. The van der Waals surface area contributed by atoms with Crippen molar-refractivity contribution in [3.63, 3.8) is 0 Å². The molecule has 1 atom stereocenters. The van der Waals surface area contributed by atoms with Gasteiger partial charge in [-0.05, 0) is 17.0 Å². The highest BCUT2D eigenvalue weighted by molar-refractivity contribution is 8.01. The van der Waals surface area contributed by atoms with Gasteiger partial charge in [0.15, 0.2) is 0 Å². The maximum Gasteiger partial charge on any atom is 0.0739 e. The first-order valence-electron chi connectivity index (χ1n) is 5.36. The Hall–Kier alpha value is -0.810. The molecule has 0 radical (unpaired) electrons. The van der Waals surface area contributed by atoms with Gasteiger partial charge in [-0.3, -0.25) is 0 Å². The summed E-state index contributed by atoms with van der Waals surface area (Å²) in [5.41, 5.74) is 6.58. The summed E-state index contributed by atoms with van der Waals surface area (Å²) in [6.45, 7) is -0.0462. The van der Waals surface area contributed by atoms with E-state index in [0.29, 0.717) is 5.75 Å². The number of rotatable bonds is 5. The third-order valence-electron chi connectivity index (χ3n) is 2.60. The van der Waals surface area contributed by atoms with Crippen LogP contribution >= 0.6 is 23.1 Å². The molecule has 2 rings (SSSR count). The van der Waals surface area contributed by atoms with E-state index < -0.39 is 5.54 Å². The van der Waals surface area contributed by atoms with Crippen LogP contribution < -0.4 is 5.73 Å². The standard InChI is InChI=1S/C13H15NOS2/c14-13(9-15,11-5-2-1-3-6-11)10-17-12-7-4-8-16-12/h1-8,15H,9-10,14H2. The summed E-state index contributed by atoms with van der Waals surface area (Å²) in [5, 5.41) is 11.6. The summed E-state index contributed by atoms with van der Waals surface area (Å²) in [4.78, 5) is 0. The minimum atomic E-state index is -0.671. The Morgan fingerprint density at radius 3 is 2.53 bits per heavy atom. The van der Waals surface area contributed by atoms with Gasteiger partial charge < -0.3 is 10.8 Å². The molecule has 3 N–H and O–H groups in total. The maximum absolute atomic E-state index is 9.53. The minimum Gasteiger partial charge on any atom is -0.394 e. The van der Waals surface area contributed by atoms with E-state index in [-0.39, 0.29) is 6.61 Å². The lowest BCUT2D eigenvalue weighted by Crippen LogP contribution is -2.43. The van der Waals surface area contributed by atoms with Crippen LogP contribution in [0.25, 0.3) is 0 Å². The molecule has 0 saturated carbocycles. The predicted octanol–water partition coefficient (Wildman–Crippen LogP) is 2.69. The predicted molar refractivity (Wildman–Crippen MR) is 74.4 cm³/mol. The zero-order chi connectivity index (χ0) is 12.1. The van der Waals surface area contributed by atoms with Gasteiger partial charge in [0.1, 0.15) is 0 Å². The Bertz CT molecular complexity index is 444. The number of thiophene rings is 1. The van der Waals surface area contributed by atoms with Gasteiger partial charge >= 0.3 is 0 Å². The van der Waals surface area contributed by atoms with Crippen molar-refractivity contribution in [3.05, 3.63) is 53.4 Å². The average molecular weight is 265 g/mol. The van der Waals surface area contributed by atoms with Crippen LogP contribution in [0.15, 0.2) is 52.1 Å². The van der Waals surface area contributed by atoms with Crippen LogP contribution in [-0.4, -0.2) is 17.5 Å². The lowest BCUT2D eigenvalue weighted by molar-refractivity contribution is 0.213. The van der Waals surface area contributed by atoms with E-state index in [1.165, 1.54) is 4.21 Å². The van der Waals surface area contributed by atoms with Gasteiger partial charge in [-0.2, -0.15) is 0 Å². The molecule has 0 aliphatic rings. The van der Waals surface area contributed by atoms with Gasteiger partial charge in [0.25, 0.3) is 0 Å². The van der Waals surface area contributed by atoms with Crippen molar-refractivity contribution in [2.24, 2.45) is 5.73 Å². The normalized spacial score (nSPS) is 14.5. The molecular formula is C13H15NOS2. The van der Waals surface area contributed by atoms with Crippen LogP contribution in [0.5, 0.6) is 0 Å². The van der Waals surface area contributed by atoms with Gasteiger partial charge in [-0.15, -0.1) is 23.1 Å². The molecule has 0 fully saturated rings. The molecule has 1 aromatic heterocycles. The monoisotopic (exact) mass is 265 g/mol. The summed E-state index contributed by atoms with van der Waals surface area (Å²) in [5.74, 6) is 0.675. The minimum absolute atomic E-state index is 0.0462. The molecule has 17 heavy (non-hydrogen) atoms. The first kappa shape index (κ1) is 12.6. The Kier molecular flexibility index (Phi) is 4.23. The van der Waals surface area contributed by atoms with E-state index >= 15 is 0 Å². The Balaban J connectivity index is 2.09. The number of hydrogen-bond donors (Lipinski definition) is 2. The van der Waals surface area contributed by atoms with Gasteiger partial charge in [0.2, 0.25) is 0 Å². The second-order valence-corrected chi connectivity index (χ2v) is 6.12. The Morgan fingerprint density at radius 1 is 1.18 bits per heavy atom. The summed E-state index contributed by atoms with van der Waals surface area (Å²) < 4.78 is 1.23. The third kappa shape index (κ3) is 3.10. The van der Waals surface area contributed by atoms with Crippen molar-refractivity contribution in [2.75, 3.05) is 12.4 Å². The van der Waals surface area contributed by atoms with Crippen LogP contribution in [0.4, 0.5) is 0 Å². The molecule has 0 spiro atoms. The number of benzene rings is 1. The molecule has 1 aromatic carbocycles. The van der Waals surface area contributed by atoms with E-state index in [2.05, 4.69) is 6.07 Å². The van der Waals surface area contributed by atoms with Crippen molar-refractivity contribution in [2.45, 2.75) is 9.75 Å². The second-order valence-electron chi connectivity index (χ2n) is 3.90. The molecule has 1 heterocycles. The Labute approximate surface area is 109 Å². The fourth-order valence-corrected chi connectivity index (χ4v) is 3.43. The highest BCUT2D eigenvalue weighted by Crippen LogP contribution is 2.30. The average Bonchev–Trinajstić information content (AvgIpc) is 2.90. The third-order valence-corrected chi connectivity index (χ3v) is 4.98. The molecule has 0 aliphatic carbocycles. The van der Waals surface area contributed by atoms with E-state index in [1.807, 2.05) is 41.8 Å². The number of thioether (sulfide) groups is 1. The van der Waals surface area contributed by atoms with Gasteiger partial charge in [0.05, 0.1) is 16.4 Å². The SMILES string of the molecule is NC(CO)(CSc1cccs1)c1ccccc1. The van der Waals surface area contributed by atoms with E-state index in [4.69, 9.17) is 5.73 Å². The van der Waals surface area contributed by atoms with E-state index in [0.717, 1.165) is 5.56 Å². The molecule has 4 heteroatoms. The largest absolute Gasteiger partial charge is 0.394 e. The fourth-order valence-electron chi connectivity index (χ4n) is 1.54. The van der Waals surface area contributed by atoms with Crippen molar-refractivity contribution < 1.29 is 5.11 Å². The zero-order valence-electron chi connectivity index (χ0n) is 9.37. The van der Waals surface area contributed by atoms with Crippen LogP contribution in [0.1, 0.15) is 5.56 Å². The molecule has 0 bridgehead atoms. The number of hydrogen-bond acceptors (Lipinski definition) is 4. The van der Waals surface area contributed by atoms with Crippen LogP contribution in [0.2, 0.25) is 0 Å². The second kappa shape index (κ2) is 5.69. The fraction of sp³-hybridized carbons (Fsp3) is 0.231.